The fraction of sp³-hybridized carbons (Fsp3) is 0. The van der Waals surface area contributed by atoms with Crippen molar-refractivity contribution in [2.75, 3.05) is 0 Å². The Bertz CT molecular complexity index is 902. The van der Waals surface area contributed by atoms with Crippen LogP contribution in [0.4, 0.5) is 0 Å². The maximum absolute atomic E-state index is 12.5. The van der Waals surface area contributed by atoms with Crippen LogP contribution in [0.1, 0.15) is 10.5 Å². The lowest BCUT2D eigenvalue weighted by Crippen LogP contribution is -2.13. The van der Waals surface area contributed by atoms with Gasteiger partial charge in [0.05, 0.1) is 5.52 Å². The maximum Gasteiger partial charge on any atom is 0.296 e. The third-order valence-electron chi connectivity index (χ3n) is 3.30. The molecule has 0 spiro atoms. The lowest BCUT2D eigenvalue weighted by atomic mass is 10.2. The molecule has 0 fully saturated rings. The van der Waals surface area contributed by atoms with Crippen molar-refractivity contribution in [1.29, 1.82) is 0 Å². The number of fused-ring (bicyclic) bond motifs is 2. The molecule has 2 heterocycles. The molecule has 2 aromatic carbocycles. The van der Waals surface area contributed by atoms with Gasteiger partial charge in [0.1, 0.15) is 11.2 Å². The molecule has 0 aliphatic heterocycles. The molecule has 0 saturated heterocycles. The van der Waals surface area contributed by atoms with Gasteiger partial charge in [0, 0.05) is 10.9 Å². The van der Waals surface area contributed by atoms with Crippen molar-refractivity contribution in [3.05, 3.63) is 60.3 Å². The zero-order valence-corrected chi connectivity index (χ0v) is 10.4. The largest absolute Gasteiger partial charge is 0.350 e. The second-order valence-electron chi connectivity index (χ2n) is 4.57. The highest BCUT2D eigenvalue weighted by atomic mass is 16.2. The molecule has 0 atom stereocenters. The van der Waals surface area contributed by atoms with E-state index in [9.17, 15) is 4.79 Å². The predicted octanol–water partition coefficient (Wildman–Crippen LogP) is 2.60. The molecule has 5 nitrogen and oxygen atoms in total. The fourth-order valence-electron chi connectivity index (χ4n) is 2.32. The van der Waals surface area contributed by atoms with Gasteiger partial charge in [-0.05, 0) is 24.3 Å². The van der Waals surface area contributed by atoms with E-state index in [1.54, 1.807) is 0 Å². The van der Waals surface area contributed by atoms with Crippen molar-refractivity contribution >= 4 is 27.8 Å². The highest BCUT2D eigenvalue weighted by Gasteiger charge is 2.15. The van der Waals surface area contributed by atoms with Gasteiger partial charge >= 0.3 is 0 Å². The number of para-hydroxylation sites is 2. The average molecular weight is 262 g/mol. The van der Waals surface area contributed by atoms with Crippen LogP contribution in [0, 0.1) is 0 Å². The average Bonchev–Trinajstić information content (AvgIpc) is 3.10. The summed E-state index contributed by atoms with van der Waals surface area (Å²) in [6.45, 7) is 0. The smallest absolute Gasteiger partial charge is 0.296 e. The first-order chi connectivity index (χ1) is 9.83. The zero-order chi connectivity index (χ0) is 13.5. The Morgan fingerprint density at radius 2 is 1.85 bits per heavy atom. The first kappa shape index (κ1) is 10.9. The van der Waals surface area contributed by atoms with Gasteiger partial charge in [-0.2, -0.15) is 4.68 Å². The Morgan fingerprint density at radius 1 is 1.05 bits per heavy atom. The van der Waals surface area contributed by atoms with E-state index in [0.717, 1.165) is 10.9 Å². The van der Waals surface area contributed by atoms with E-state index in [-0.39, 0.29) is 5.91 Å². The van der Waals surface area contributed by atoms with Gasteiger partial charge in [-0.15, -0.1) is 5.10 Å². The van der Waals surface area contributed by atoms with Crippen molar-refractivity contribution in [1.82, 2.24) is 20.0 Å². The number of rotatable bonds is 1. The molecule has 0 amide bonds. The number of benzene rings is 2. The van der Waals surface area contributed by atoms with Gasteiger partial charge in [-0.1, -0.05) is 35.5 Å². The van der Waals surface area contributed by atoms with E-state index in [1.807, 2.05) is 54.6 Å². The number of nitrogens with zero attached hydrogens (tertiary/aromatic N) is 3. The van der Waals surface area contributed by atoms with E-state index in [2.05, 4.69) is 15.3 Å². The molecular formula is C15H10N4O. The van der Waals surface area contributed by atoms with Crippen molar-refractivity contribution in [2.24, 2.45) is 0 Å². The van der Waals surface area contributed by atoms with Crippen molar-refractivity contribution in [2.45, 2.75) is 0 Å². The summed E-state index contributed by atoms with van der Waals surface area (Å²) in [6, 6.07) is 17.0. The van der Waals surface area contributed by atoms with E-state index in [4.69, 9.17) is 0 Å². The lowest BCUT2D eigenvalue weighted by Gasteiger charge is -1.97. The van der Waals surface area contributed by atoms with Crippen LogP contribution in [-0.2, 0) is 0 Å². The standard InChI is InChI=1S/C15H10N4O/c20-15(13-9-10-5-1-2-6-11(10)16-13)19-14-8-4-3-7-12(14)17-18-19/h1-9,16H. The highest BCUT2D eigenvalue weighted by molar-refractivity contribution is 6.02. The minimum absolute atomic E-state index is 0.213. The van der Waals surface area contributed by atoms with Crippen molar-refractivity contribution in [3.63, 3.8) is 0 Å². The Morgan fingerprint density at radius 3 is 2.75 bits per heavy atom. The van der Waals surface area contributed by atoms with Crippen LogP contribution in [-0.4, -0.2) is 25.9 Å². The SMILES string of the molecule is O=C(c1cc2ccccc2[nH]1)n1nnc2ccccc21. The second kappa shape index (κ2) is 4.03. The monoisotopic (exact) mass is 262 g/mol. The van der Waals surface area contributed by atoms with Gasteiger partial charge < -0.3 is 4.98 Å². The molecule has 5 heteroatoms. The van der Waals surface area contributed by atoms with E-state index in [0.29, 0.717) is 16.7 Å². The van der Waals surface area contributed by atoms with E-state index < -0.39 is 0 Å². The predicted molar refractivity (Wildman–Crippen MR) is 75.6 cm³/mol. The Labute approximate surface area is 113 Å². The summed E-state index contributed by atoms with van der Waals surface area (Å²) in [5.74, 6) is -0.213. The summed E-state index contributed by atoms with van der Waals surface area (Å²) < 4.78 is 1.32. The van der Waals surface area contributed by atoms with Crippen LogP contribution in [0.2, 0.25) is 0 Å². The summed E-state index contributed by atoms with van der Waals surface area (Å²) in [7, 11) is 0. The third kappa shape index (κ3) is 1.53. The van der Waals surface area contributed by atoms with Crippen LogP contribution in [0.15, 0.2) is 54.6 Å². The number of aromatic amines is 1. The van der Waals surface area contributed by atoms with Gasteiger partial charge in [-0.25, -0.2) is 0 Å². The molecule has 20 heavy (non-hydrogen) atoms. The lowest BCUT2D eigenvalue weighted by molar-refractivity contribution is 0.0944. The summed E-state index contributed by atoms with van der Waals surface area (Å²) >= 11 is 0. The summed E-state index contributed by atoms with van der Waals surface area (Å²) in [6.07, 6.45) is 0. The van der Waals surface area contributed by atoms with Gasteiger partial charge in [0.2, 0.25) is 0 Å². The maximum atomic E-state index is 12.5. The number of carbonyl (C=O) groups excluding carboxylic acids is 1. The number of H-pyrrole nitrogens is 1. The van der Waals surface area contributed by atoms with Crippen LogP contribution >= 0.6 is 0 Å². The summed E-state index contributed by atoms with van der Waals surface area (Å²) in [4.78, 5) is 15.6. The molecule has 4 aromatic rings. The van der Waals surface area contributed by atoms with Crippen molar-refractivity contribution in [3.8, 4) is 0 Å². The van der Waals surface area contributed by atoms with E-state index >= 15 is 0 Å². The minimum Gasteiger partial charge on any atom is -0.350 e. The molecule has 0 saturated carbocycles. The van der Waals surface area contributed by atoms with Crippen LogP contribution in [0.3, 0.4) is 0 Å². The highest BCUT2D eigenvalue weighted by Crippen LogP contribution is 2.17. The summed E-state index contributed by atoms with van der Waals surface area (Å²) in [5.41, 5.74) is 2.84. The van der Waals surface area contributed by atoms with Crippen molar-refractivity contribution < 1.29 is 4.79 Å². The van der Waals surface area contributed by atoms with E-state index in [1.165, 1.54) is 4.68 Å². The number of aromatic nitrogens is 4. The van der Waals surface area contributed by atoms with Crippen LogP contribution in [0.5, 0.6) is 0 Å². The van der Waals surface area contributed by atoms with Crippen LogP contribution in [0.25, 0.3) is 21.9 Å². The normalized spacial score (nSPS) is 11.2. The second-order valence-corrected chi connectivity index (χ2v) is 4.57. The third-order valence-corrected chi connectivity index (χ3v) is 3.30. The Hall–Kier alpha value is -2.95. The molecule has 4 rings (SSSR count). The summed E-state index contributed by atoms with van der Waals surface area (Å²) in [5, 5.41) is 8.94. The number of carbonyl (C=O) groups is 1. The molecular weight excluding hydrogens is 252 g/mol. The number of nitrogens with one attached hydrogen (secondary N) is 1. The first-order valence-corrected chi connectivity index (χ1v) is 6.26. The Kier molecular flexibility index (Phi) is 2.20. The fourth-order valence-corrected chi connectivity index (χ4v) is 2.32. The molecule has 0 aliphatic rings. The first-order valence-electron chi connectivity index (χ1n) is 6.26. The van der Waals surface area contributed by atoms with Gasteiger partial charge in [0.15, 0.2) is 0 Å². The molecule has 1 N–H and O–H groups in total. The van der Waals surface area contributed by atoms with Gasteiger partial charge in [-0.3, -0.25) is 4.79 Å². The minimum atomic E-state index is -0.213. The molecule has 0 bridgehead atoms. The zero-order valence-electron chi connectivity index (χ0n) is 10.4. The topological polar surface area (TPSA) is 63.6 Å². The molecule has 0 radical (unpaired) electrons. The number of hydrogen-bond acceptors (Lipinski definition) is 3. The molecule has 2 aromatic heterocycles. The molecule has 0 unspecified atom stereocenters. The van der Waals surface area contributed by atoms with Crippen LogP contribution < -0.4 is 0 Å². The quantitative estimate of drug-likeness (QED) is 0.573. The number of hydrogen-bond donors (Lipinski definition) is 1. The molecule has 0 aliphatic carbocycles. The van der Waals surface area contributed by atoms with Gasteiger partial charge in [0.25, 0.3) is 5.91 Å². The molecule has 96 valence electrons. The Balaban J connectivity index is 1.87.